The summed E-state index contributed by atoms with van der Waals surface area (Å²) in [5.74, 6) is -1.84. The van der Waals surface area contributed by atoms with Crippen molar-refractivity contribution in [3.05, 3.63) is 52.2 Å². The molecule has 8 heteroatoms. The lowest BCUT2D eigenvalue weighted by Gasteiger charge is -2.21. The fraction of sp³-hybridized carbons (Fsp3) is 0.333. The third-order valence-electron chi connectivity index (χ3n) is 5.33. The van der Waals surface area contributed by atoms with Gasteiger partial charge in [0.25, 0.3) is 0 Å². The molecule has 0 bridgehead atoms. The number of fused-ring (bicyclic) bond motifs is 1. The van der Waals surface area contributed by atoms with Crippen molar-refractivity contribution in [3.8, 4) is 0 Å². The molecule has 1 N–H and O–H groups in total. The molecule has 4 rings (SSSR count). The Morgan fingerprint density at radius 2 is 2.24 bits per heavy atom. The summed E-state index contributed by atoms with van der Waals surface area (Å²) in [5, 5.41) is 9.34. The largest absolute Gasteiger partial charge is 0.477 e. The van der Waals surface area contributed by atoms with Gasteiger partial charge in [0.15, 0.2) is 0 Å². The highest BCUT2D eigenvalue weighted by Crippen LogP contribution is 2.29. The van der Waals surface area contributed by atoms with Crippen LogP contribution in [0, 0.1) is 5.82 Å². The summed E-state index contributed by atoms with van der Waals surface area (Å²) in [4.78, 5) is 34.5. The molecule has 1 atom stereocenters. The van der Waals surface area contributed by atoms with Crippen molar-refractivity contribution < 1.29 is 14.3 Å². The number of anilines is 1. The summed E-state index contributed by atoms with van der Waals surface area (Å²) < 4.78 is 16.6. The molecule has 2 aliphatic heterocycles. The number of hydrogen-bond acceptors (Lipinski definition) is 5. The minimum Gasteiger partial charge on any atom is -0.477 e. The Bertz CT molecular complexity index is 1130. The average molecular weight is 396 g/mol. The topological polar surface area (TPSA) is 87.3 Å². The molecule has 2 aromatic rings. The van der Waals surface area contributed by atoms with Gasteiger partial charge in [-0.3, -0.25) is 14.8 Å². The summed E-state index contributed by atoms with van der Waals surface area (Å²) in [6, 6.07) is 2.87. The summed E-state index contributed by atoms with van der Waals surface area (Å²) in [6.07, 6.45) is 8.25. The number of aromatic carboxylic acids is 1. The maximum atomic E-state index is 14.9. The van der Waals surface area contributed by atoms with Crippen LogP contribution in [0.5, 0.6) is 0 Å². The first-order valence-corrected chi connectivity index (χ1v) is 9.57. The Hall–Kier alpha value is -3.29. The molecule has 0 saturated carbocycles. The van der Waals surface area contributed by atoms with Crippen LogP contribution in [0.25, 0.3) is 10.9 Å². The minimum atomic E-state index is -1.31. The monoisotopic (exact) mass is 396 g/mol. The molecule has 7 nitrogen and oxygen atoms in total. The average Bonchev–Trinajstić information content (AvgIpc) is 3.17. The fourth-order valence-corrected chi connectivity index (χ4v) is 3.86. The summed E-state index contributed by atoms with van der Waals surface area (Å²) in [5.41, 5.74) is 0.879. The van der Waals surface area contributed by atoms with E-state index in [1.807, 2.05) is 24.1 Å². The van der Waals surface area contributed by atoms with Crippen molar-refractivity contribution in [2.75, 3.05) is 18.0 Å². The molecular formula is C21H21FN4O3. The molecule has 1 unspecified atom stereocenters. The van der Waals surface area contributed by atoms with Crippen LogP contribution < -0.4 is 10.3 Å². The van der Waals surface area contributed by atoms with Gasteiger partial charge in [-0.1, -0.05) is 0 Å². The van der Waals surface area contributed by atoms with Crippen molar-refractivity contribution in [2.24, 2.45) is 9.98 Å². The second kappa shape index (κ2) is 7.62. The molecule has 0 aliphatic carbocycles. The number of aromatic nitrogens is 1. The van der Waals surface area contributed by atoms with Crippen LogP contribution in [0.15, 0.2) is 45.4 Å². The molecule has 0 amide bonds. The Kier molecular flexibility index (Phi) is 5.00. The van der Waals surface area contributed by atoms with Crippen LogP contribution in [0.3, 0.4) is 0 Å². The number of nitrogens with zero attached hydrogens (tertiary/aromatic N) is 4. The molecule has 1 saturated heterocycles. The van der Waals surface area contributed by atoms with Crippen LogP contribution in [-0.2, 0) is 6.54 Å². The number of carboxylic acids is 1. The van der Waals surface area contributed by atoms with Crippen molar-refractivity contribution in [3.63, 3.8) is 0 Å². The molecular weight excluding hydrogens is 375 g/mol. The first-order chi connectivity index (χ1) is 14.0. The highest BCUT2D eigenvalue weighted by molar-refractivity contribution is 6.04. The molecule has 1 aromatic carbocycles. The lowest BCUT2D eigenvalue weighted by Crippen LogP contribution is -2.24. The molecule has 0 spiro atoms. The number of pyridine rings is 1. The fourth-order valence-electron chi connectivity index (χ4n) is 3.86. The van der Waals surface area contributed by atoms with Gasteiger partial charge in [-0.2, -0.15) is 0 Å². The van der Waals surface area contributed by atoms with Gasteiger partial charge in [0, 0.05) is 55.8 Å². The minimum absolute atomic E-state index is 0.0685. The van der Waals surface area contributed by atoms with E-state index in [2.05, 4.69) is 4.99 Å². The van der Waals surface area contributed by atoms with Crippen molar-refractivity contribution >= 4 is 34.5 Å². The zero-order valence-corrected chi connectivity index (χ0v) is 16.0. The summed E-state index contributed by atoms with van der Waals surface area (Å²) in [6.45, 7) is 3.56. The predicted molar refractivity (Wildman–Crippen MR) is 111 cm³/mol. The van der Waals surface area contributed by atoms with E-state index in [1.54, 1.807) is 16.8 Å². The number of carbonyl (C=O) groups is 1. The van der Waals surface area contributed by atoms with E-state index in [0.717, 1.165) is 18.2 Å². The zero-order chi connectivity index (χ0) is 20.5. The molecule has 1 fully saturated rings. The predicted octanol–water partition coefficient (Wildman–Crippen LogP) is 2.87. The second-order valence-electron chi connectivity index (χ2n) is 7.14. The van der Waals surface area contributed by atoms with E-state index in [1.165, 1.54) is 6.20 Å². The number of allylic oxidation sites excluding steroid dienone is 1. The number of hydrogen-bond donors (Lipinski definition) is 1. The lowest BCUT2D eigenvalue weighted by molar-refractivity contribution is 0.0695. The summed E-state index contributed by atoms with van der Waals surface area (Å²) >= 11 is 0. The number of aliphatic imine (C=N–C) groups is 2. The number of benzene rings is 1. The number of rotatable bonds is 4. The highest BCUT2D eigenvalue weighted by Gasteiger charge is 2.26. The molecule has 0 radical (unpaired) electrons. The van der Waals surface area contributed by atoms with E-state index in [4.69, 9.17) is 4.99 Å². The zero-order valence-electron chi connectivity index (χ0n) is 16.0. The van der Waals surface area contributed by atoms with E-state index in [9.17, 15) is 19.1 Å². The quantitative estimate of drug-likeness (QED) is 0.861. The van der Waals surface area contributed by atoms with Gasteiger partial charge in [0.1, 0.15) is 11.4 Å². The molecule has 1 aromatic heterocycles. The van der Waals surface area contributed by atoms with Gasteiger partial charge in [0.2, 0.25) is 5.43 Å². The van der Waals surface area contributed by atoms with Crippen LogP contribution in [-0.4, -0.2) is 46.7 Å². The normalized spacial score (nSPS) is 20.1. The maximum Gasteiger partial charge on any atom is 0.341 e. The third kappa shape index (κ3) is 3.57. The van der Waals surface area contributed by atoms with Gasteiger partial charge >= 0.3 is 5.97 Å². The molecule has 3 heterocycles. The van der Waals surface area contributed by atoms with Gasteiger partial charge in [0.05, 0.1) is 17.2 Å². The van der Waals surface area contributed by atoms with Crippen molar-refractivity contribution in [1.29, 1.82) is 0 Å². The Morgan fingerprint density at radius 3 is 2.93 bits per heavy atom. The first kappa shape index (κ1) is 19.0. The second-order valence-corrected chi connectivity index (χ2v) is 7.14. The van der Waals surface area contributed by atoms with E-state index < -0.39 is 17.2 Å². The van der Waals surface area contributed by atoms with Crippen molar-refractivity contribution in [1.82, 2.24) is 4.57 Å². The van der Waals surface area contributed by atoms with E-state index >= 15 is 0 Å². The number of halogens is 1. The Morgan fingerprint density at radius 1 is 1.41 bits per heavy atom. The van der Waals surface area contributed by atoms with Gasteiger partial charge in [-0.15, -0.1) is 0 Å². The maximum absolute atomic E-state index is 14.9. The Balaban J connectivity index is 1.70. The smallest absolute Gasteiger partial charge is 0.341 e. The van der Waals surface area contributed by atoms with Crippen LogP contribution >= 0.6 is 0 Å². The standard InChI is InChI=1S/C21H21FN4O3/c1-2-25-12-16(21(28)29)20(27)15-9-17(22)19(10-18(15)25)26-8-5-14(11-26)24-13-3-6-23-7-4-13/h3,6-7,9-10,12,14H,2,4-5,8,11H2,1H3,(H,28,29). The molecule has 150 valence electrons. The van der Waals surface area contributed by atoms with E-state index in [-0.39, 0.29) is 17.0 Å². The first-order valence-electron chi connectivity index (χ1n) is 9.57. The van der Waals surface area contributed by atoms with Crippen LogP contribution in [0.2, 0.25) is 0 Å². The molecule has 29 heavy (non-hydrogen) atoms. The Labute approximate surface area is 166 Å². The number of carboxylic acid groups (broad SMARTS) is 1. The summed E-state index contributed by atoms with van der Waals surface area (Å²) in [7, 11) is 0. The third-order valence-corrected chi connectivity index (χ3v) is 5.33. The van der Waals surface area contributed by atoms with Crippen LogP contribution in [0.1, 0.15) is 30.1 Å². The number of aryl methyl sites for hydroxylation is 1. The molecule has 2 aliphatic rings. The van der Waals surface area contributed by atoms with Crippen LogP contribution in [0.4, 0.5) is 10.1 Å². The van der Waals surface area contributed by atoms with Gasteiger partial charge in [-0.05, 0) is 31.6 Å². The highest BCUT2D eigenvalue weighted by atomic mass is 19.1. The van der Waals surface area contributed by atoms with Gasteiger partial charge in [-0.25, -0.2) is 9.18 Å². The SMILES string of the molecule is CCn1cc(C(=O)O)c(=O)c2cc(F)c(N3CCC(N=C4C=CN=CC4)C3)cc21. The van der Waals surface area contributed by atoms with Gasteiger partial charge < -0.3 is 14.6 Å². The lowest BCUT2D eigenvalue weighted by atomic mass is 10.1. The van der Waals surface area contributed by atoms with E-state index in [0.29, 0.717) is 37.3 Å². The van der Waals surface area contributed by atoms with Crippen molar-refractivity contribution in [2.45, 2.75) is 32.4 Å².